The third-order valence-corrected chi connectivity index (χ3v) is 3.78. The summed E-state index contributed by atoms with van der Waals surface area (Å²) in [6, 6.07) is 10.6. The number of hydrogen-bond acceptors (Lipinski definition) is 3. The lowest BCUT2D eigenvalue weighted by Gasteiger charge is -2.08. The summed E-state index contributed by atoms with van der Waals surface area (Å²) in [7, 11) is 0. The van der Waals surface area contributed by atoms with Crippen LogP contribution in [0.25, 0.3) is 0 Å². The lowest BCUT2D eigenvalue weighted by molar-refractivity contribution is 0.667. The van der Waals surface area contributed by atoms with Crippen LogP contribution >= 0.6 is 11.6 Å². The molecule has 0 unspecified atom stereocenters. The molecule has 0 aliphatic heterocycles. The molecular formula is C16H18ClN3. The molecule has 1 saturated carbocycles. The van der Waals surface area contributed by atoms with Gasteiger partial charge in [0.25, 0.3) is 0 Å². The number of halogens is 1. The van der Waals surface area contributed by atoms with Gasteiger partial charge >= 0.3 is 0 Å². The Morgan fingerprint density at radius 2 is 2.05 bits per heavy atom. The number of rotatable bonds is 5. The highest BCUT2D eigenvalue weighted by Gasteiger charge is 2.20. The van der Waals surface area contributed by atoms with Crippen LogP contribution in [0.1, 0.15) is 35.6 Å². The quantitative estimate of drug-likeness (QED) is 0.917. The molecule has 1 fully saturated rings. The van der Waals surface area contributed by atoms with Crippen LogP contribution in [0.15, 0.2) is 30.3 Å². The number of nitrogens with one attached hydrogen (secondary N) is 1. The monoisotopic (exact) mass is 287 g/mol. The van der Waals surface area contributed by atoms with Gasteiger partial charge in [0.15, 0.2) is 0 Å². The maximum absolute atomic E-state index is 6.20. The van der Waals surface area contributed by atoms with E-state index < -0.39 is 0 Å². The van der Waals surface area contributed by atoms with Crippen LogP contribution in [-0.2, 0) is 13.0 Å². The molecule has 1 heterocycles. The second kappa shape index (κ2) is 5.90. The molecule has 0 saturated heterocycles. The van der Waals surface area contributed by atoms with Crippen molar-refractivity contribution in [2.75, 3.05) is 0 Å². The summed E-state index contributed by atoms with van der Waals surface area (Å²) < 4.78 is 0. The van der Waals surface area contributed by atoms with Gasteiger partial charge < -0.3 is 5.32 Å². The highest BCUT2D eigenvalue weighted by molar-refractivity contribution is 6.31. The molecule has 3 rings (SSSR count). The van der Waals surface area contributed by atoms with E-state index >= 15 is 0 Å². The van der Waals surface area contributed by atoms with Gasteiger partial charge in [0.05, 0.1) is 5.69 Å². The first kappa shape index (κ1) is 13.5. The molecule has 4 heteroatoms. The number of aromatic nitrogens is 2. The van der Waals surface area contributed by atoms with E-state index in [0.29, 0.717) is 12.5 Å². The minimum absolute atomic E-state index is 0.678. The zero-order valence-corrected chi connectivity index (χ0v) is 12.3. The second-order valence-corrected chi connectivity index (χ2v) is 5.75. The maximum Gasteiger partial charge on any atom is 0.133 e. The number of hydrogen-bond donors (Lipinski definition) is 1. The smallest absolute Gasteiger partial charge is 0.133 e. The van der Waals surface area contributed by atoms with Crippen LogP contribution in [-0.4, -0.2) is 16.0 Å². The molecule has 1 aliphatic carbocycles. The van der Waals surface area contributed by atoms with E-state index in [4.69, 9.17) is 11.6 Å². The Bertz CT molecular complexity index is 608. The molecule has 1 aromatic heterocycles. The Hall–Kier alpha value is -1.45. The first-order chi connectivity index (χ1) is 9.70. The van der Waals surface area contributed by atoms with E-state index in [-0.39, 0.29) is 0 Å². The van der Waals surface area contributed by atoms with Gasteiger partial charge in [-0.25, -0.2) is 9.97 Å². The van der Waals surface area contributed by atoms with E-state index in [1.807, 2.05) is 37.3 Å². The van der Waals surface area contributed by atoms with Crippen LogP contribution in [0, 0.1) is 6.92 Å². The van der Waals surface area contributed by atoms with Gasteiger partial charge in [-0.15, -0.1) is 0 Å². The second-order valence-electron chi connectivity index (χ2n) is 5.34. The van der Waals surface area contributed by atoms with Crippen LogP contribution in [0.3, 0.4) is 0 Å². The van der Waals surface area contributed by atoms with Gasteiger partial charge in [-0.1, -0.05) is 29.8 Å². The molecule has 104 valence electrons. The van der Waals surface area contributed by atoms with E-state index in [1.165, 1.54) is 12.8 Å². The molecule has 1 N–H and O–H groups in total. The van der Waals surface area contributed by atoms with Crippen molar-refractivity contribution in [2.24, 2.45) is 0 Å². The van der Waals surface area contributed by atoms with Crippen LogP contribution in [0.5, 0.6) is 0 Å². The maximum atomic E-state index is 6.20. The molecule has 0 bridgehead atoms. The van der Waals surface area contributed by atoms with Gasteiger partial charge in [0.2, 0.25) is 0 Å². The third kappa shape index (κ3) is 3.56. The minimum atomic E-state index is 0.678. The predicted octanol–water partition coefficient (Wildman–Crippen LogP) is 3.28. The van der Waals surface area contributed by atoms with E-state index in [2.05, 4.69) is 15.3 Å². The molecular weight excluding hydrogens is 270 g/mol. The Kier molecular flexibility index (Phi) is 3.99. The summed E-state index contributed by atoms with van der Waals surface area (Å²) in [5.41, 5.74) is 3.14. The van der Waals surface area contributed by atoms with Gasteiger partial charge in [-0.2, -0.15) is 0 Å². The fourth-order valence-electron chi connectivity index (χ4n) is 2.22. The van der Waals surface area contributed by atoms with Crippen molar-refractivity contribution in [3.63, 3.8) is 0 Å². The number of aryl methyl sites for hydroxylation is 1. The van der Waals surface area contributed by atoms with Crippen LogP contribution < -0.4 is 5.32 Å². The molecule has 0 amide bonds. The zero-order chi connectivity index (χ0) is 13.9. The fraction of sp³-hybridized carbons (Fsp3) is 0.375. The summed E-state index contributed by atoms with van der Waals surface area (Å²) in [5, 5.41) is 4.26. The molecule has 0 radical (unpaired) electrons. The molecule has 1 aliphatic rings. The van der Waals surface area contributed by atoms with E-state index in [0.717, 1.165) is 34.3 Å². The Labute approximate surface area is 124 Å². The average Bonchev–Trinajstić information content (AvgIpc) is 3.23. The Morgan fingerprint density at radius 1 is 1.25 bits per heavy atom. The van der Waals surface area contributed by atoms with Gasteiger partial charge in [0.1, 0.15) is 5.82 Å². The fourth-order valence-corrected chi connectivity index (χ4v) is 2.42. The molecule has 3 nitrogen and oxygen atoms in total. The lowest BCUT2D eigenvalue weighted by Crippen LogP contribution is -2.17. The summed E-state index contributed by atoms with van der Waals surface area (Å²) >= 11 is 6.20. The SMILES string of the molecule is Cc1cc(CNC2CC2)nc(Cc2ccccc2Cl)n1. The van der Waals surface area contributed by atoms with Crippen molar-refractivity contribution in [1.29, 1.82) is 0 Å². The summed E-state index contributed by atoms with van der Waals surface area (Å²) in [5.74, 6) is 0.839. The highest BCUT2D eigenvalue weighted by Crippen LogP contribution is 2.20. The first-order valence-corrected chi connectivity index (χ1v) is 7.39. The summed E-state index contributed by atoms with van der Waals surface area (Å²) in [6.07, 6.45) is 3.25. The number of nitrogens with zero attached hydrogens (tertiary/aromatic N) is 2. The normalized spacial score (nSPS) is 14.5. The molecule has 0 spiro atoms. The molecule has 2 aromatic rings. The van der Waals surface area contributed by atoms with Crippen molar-refractivity contribution < 1.29 is 0 Å². The average molecular weight is 288 g/mol. The van der Waals surface area contributed by atoms with Crippen LogP contribution in [0.2, 0.25) is 5.02 Å². The zero-order valence-electron chi connectivity index (χ0n) is 11.6. The minimum Gasteiger partial charge on any atom is -0.308 e. The molecule has 0 atom stereocenters. The van der Waals surface area contributed by atoms with E-state index in [1.54, 1.807) is 0 Å². The standard InChI is InChI=1S/C16H18ClN3/c1-11-8-14(10-18-13-6-7-13)20-16(19-11)9-12-4-2-3-5-15(12)17/h2-5,8,13,18H,6-7,9-10H2,1H3. The third-order valence-electron chi connectivity index (χ3n) is 3.41. The summed E-state index contributed by atoms with van der Waals surface area (Å²) in [6.45, 7) is 2.84. The van der Waals surface area contributed by atoms with Crippen molar-refractivity contribution in [1.82, 2.24) is 15.3 Å². The predicted molar refractivity (Wildman–Crippen MR) is 80.9 cm³/mol. The van der Waals surface area contributed by atoms with Gasteiger partial charge in [-0.05, 0) is 37.5 Å². The first-order valence-electron chi connectivity index (χ1n) is 7.01. The van der Waals surface area contributed by atoms with Crippen molar-refractivity contribution in [2.45, 2.75) is 38.8 Å². The number of benzene rings is 1. The van der Waals surface area contributed by atoms with Crippen molar-refractivity contribution in [3.8, 4) is 0 Å². The summed E-state index contributed by atoms with van der Waals surface area (Å²) in [4.78, 5) is 9.15. The van der Waals surface area contributed by atoms with Gasteiger partial charge in [-0.3, -0.25) is 0 Å². The highest BCUT2D eigenvalue weighted by atomic mass is 35.5. The van der Waals surface area contributed by atoms with Crippen molar-refractivity contribution in [3.05, 3.63) is 58.1 Å². The van der Waals surface area contributed by atoms with Crippen molar-refractivity contribution >= 4 is 11.6 Å². The topological polar surface area (TPSA) is 37.8 Å². The van der Waals surface area contributed by atoms with E-state index in [9.17, 15) is 0 Å². The Morgan fingerprint density at radius 3 is 2.80 bits per heavy atom. The molecule has 20 heavy (non-hydrogen) atoms. The van der Waals surface area contributed by atoms with Crippen LogP contribution in [0.4, 0.5) is 0 Å². The molecule has 1 aromatic carbocycles. The van der Waals surface area contributed by atoms with Gasteiger partial charge in [0, 0.05) is 29.7 Å². The largest absolute Gasteiger partial charge is 0.308 e. The Balaban J connectivity index is 1.76. The lowest BCUT2D eigenvalue weighted by atomic mass is 10.1.